The van der Waals surface area contributed by atoms with E-state index in [2.05, 4.69) is 29.2 Å². The van der Waals surface area contributed by atoms with Crippen LogP contribution < -0.4 is 5.32 Å². The molecule has 2 saturated heterocycles. The quantitative estimate of drug-likeness (QED) is 0.736. The zero-order valence-corrected chi connectivity index (χ0v) is 11.3. The van der Waals surface area contributed by atoms with Crippen LogP contribution in [0.25, 0.3) is 0 Å². The van der Waals surface area contributed by atoms with Crippen LogP contribution in [0.4, 0.5) is 0 Å². The fourth-order valence-corrected chi connectivity index (χ4v) is 3.06. The minimum Gasteiger partial charge on any atom is -0.388 e. The van der Waals surface area contributed by atoms with Gasteiger partial charge in [0.15, 0.2) is 0 Å². The van der Waals surface area contributed by atoms with Gasteiger partial charge in [-0.25, -0.2) is 0 Å². The van der Waals surface area contributed by atoms with Crippen LogP contribution in [0.3, 0.4) is 0 Å². The van der Waals surface area contributed by atoms with Crippen molar-refractivity contribution in [1.82, 2.24) is 15.1 Å². The first kappa shape index (κ1) is 13.3. The van der Waals surface area contributed by atoms with Crippen molar-refractivity contribution >= 4 is 0 Å². The van der Waals surface area contributed by atoms with E-state index in [1.807, 2.05) is 0 Å². The zero-order chi connectivity index (χ0) is 12.3. The Labute approximate surface area is 105 Å². The van der Waals surface area contributed by atoms with Crippen molar-refractivity contribution in [3.63, 3.8) is 0 Å². The monoisotopic (exact) mass is 241 g/mol. The number of hydrogen-bond donors (Lipinski definition) is 2. The first-order valence-corrected chi connectivity index (χ1v) is 6.91. The van der Waals surface area contributed by atoms with Crippen molar-refractivity contribution in [2.24, 2.45) is 0 Å². The fourth-order valence-electron chi connectivity index (χ4n) is 3.06. The highest BCUT2D eigenvalue weighted by Crippen LogP contribution is 2.22. The number of piperidine rings is 2. The number of β-amino-alcohol motifs (C(OH)–C–C–N with tert-alkyl or cyclic N) is 1. The molecule has 2 aliphatic rings. The second-order valence-corrected chi connectivity index (χ2v) is 5.97. The van der Waals surface area contributed by atoms with Crippen LogP contribution in [-0.4, -0.2) is 73.4 Å². The molecule has 2 fully saturated rings. The minimum atomic E-state index is -0.445. The summed E-state index contributed by atoms with van der Waals surface area (Å²) in [4.78, 5) is 4.78. The fraction of sp³-hybridized carbons (Fsp3) is 1.00. The van der Waals surface area contributed by atoms with E-state index >= 15 is 0 Å². The third kappa shape index (κ3) is 3.65. The van der Waals surface area contributed by atoms with E-state index in [4.69, 9.17) is 0 Å². The lowest BCUT2D eigenvalue weighted by atomic mass is 9.91. The Kier molecular flexibility index (Phi) is 4.42. The highest BCUT2D eigenvalue weighted by Gasteiger charge is 2.33. The highest BCUT2D eigenvalue weighted by atomic mass is 16.3. The molecule has 0 spiro atoms. The van der Waals surface area contributed by atoms with E-state index in [0.29, 0.717) is 6.04 Å². The first-order valence-electron chi connectivity index (χ1n) is 6.91. The van der Waals surface area contributed by atoms with Gasteiger partial charge >= 0.3 is 0 Å². The number of aliphatic hydroxyl groups is 1. The topological polar surface area (TPSA) is 38.7 Å². The Morgan fingerprint density at radius 2 is 2.06 bits per heavy atom. The zero-order valence-electron chi connectivity index (χ0n) is 11.3. The van der Waals surface area contributed by atoms with Crippen LogP contribution in [0.15, 0.2) is 0 Å². The first-order chi connectivity index (χ1) is 8.09. The van der Waals surface area contributed by atoms with Crippen LogP contribution >= 0.6 is 0 Å². The van der Waals surface area contributed by atoms with Gasteiger partial charge in [-0.05, 0) is 59.4 Å². The van der Waals surface area contributed by atoms with Gasteiger partial charge < -0.3 is 15.3 Å². The molecule has 0 aromatic rings. The highest BCUT2D eigenvalue weighted by molar-refractivity contribution is 4.89. The van der Waals surface area contributed by atoms with Crippen molar-refractivity contribution in [3.05, 3.63) is 0 Å². The number of nitrogens with zero attached hydrogens (tertiary/aromatic N) is 2. The van der Waals surface area contributed by atoms with E-state index in [0.717, 1.165) is 45.6 Å². The number of nitrogens with one attached hydrogen (secondary N) is 1. The van der Waals surface area contributed by atoms with Gasteiger partial charge in [0.2, 0.25) is 0 Å². The molecule has 0 aliphatic carbocycles. The smallest absolute Gasteiger partial charge is 0.0798 e. The third-order valence-corrected chi connectivity index (χ3v) is 4.26. The van der Waals surface area contributed by atoms with Gasteiger partial charge in [0.1, 0.15) is 0 Å². The lowest BCUT2D eigenvalue weighted by Gasteiger charge is -2.42. The molecule has 2 heterocycles. The Hall–Kier alpha value is -0.160. The van der Waals surface area contributed by atoms with Gasteiger partial charge in [0.25, 0.3) is 0 Å². The maximum Gasteiger partial charge on any atom is 0.0798 e. The molecule has 0 saturated carbocycles. The van der Waals surface area contributed by atoms with Crippen LogP contribution in [0.1, 0.15) is 25.7 Å². The molecular weight excluding hydrogens is 214 g/mol. The van der Waals surface area contributed by atoms with Gasteiger partial charge in [-0.3, -0.25) is 4.90 Å². The summed E-state index contributed by atoms with van der Waals surface area (Å²) in [5.74, 6) is 0. The molecule has 0 aromatic heterocycles. The summed E-state index contributed by atoms with van der Waals surface area (Å²) in [5.41, 5.74) is -0.445. The maximum absolute atomic E-state index is 10.6. The SMILES string of the molecule is CN(C)C1CCCN(CC2(O)CCNCC2)C1. The van der Waals surface area contributed by atoms with Gasteiger partial charge in [0, 0.05) is 19.1 Å². The van der Waals surface area contributed by atoms with Crippen LogP contribution in [0.5, 0.6) is 0 Å². The van der Waals surface area contributed by atoms with Gasteiger partial charge in [-0.15, -0.1) is 0 Å². The minimum absolute atomic E-state index is 0.445. The normalized spacial score (nSPS) is 30.7. The molecule has 0 amide bonds. The molecule has 0 aromatic carbocycles. The summed E-state index contributed by atoms with van der Waals surface area (Å²) in [6.07, 6.45) is 4.35. The average Bonchev–Trinajstić information content (AvgIpc) is 2.29. The van der Waals surface area contributed by atoms with E-state index in [1.165, 1.54) is 12.8 Å². The van der Waals surface area contributed by atoms with Crippen LogP contribution in [0, 0.1) is 0 Å². The van der Waals surface area contributed by atoms with Crippen molar-refractivity contribution in [3.8, 4) is 0 Å². The van der Waals surface area contributed by atoms with Crippen molar-refractivity contribution in [1.29, 1.82) is 0 Å². The van der Waals surface area contributed by atoms with Gasteiger partial charge in [-0.1, -0.05) is 0 Å². The summed E-state index contributed by atoms with van der Waals surface area (Å²) in [7, 11) is 4.32. The molecular formula is C13H27N3O. The van der Waals surface area contributed by atoms with Gasteiger partial charge in [0.05, 0.1) is 5.60 Å². The Morgan fingerprint density at radius 1 is 1.35 bits per heavy atom. The second-order valence-electron chi connectivity index (χ2n) is 5.97. The largest absolute Gasteiger partial charge is 0.388 e. The Bertz CT molecular complexity index is 239. The summed E-state index contributed by atoms with van der Waals surface area (Å²) >= 11 is 0. The summed E-state index contributed by atoms with van der Waals surface area (Å²) in [5, 5.41) is 13.9. The van der Waals surface area contributed by atoms with Crippen molar-refractivity contribution in [2.75, 3.05) is 46.8 Å². The van der Waals surface area contributed by atoms with Crippen molar-refractivity contribution < 1.29 is 5.11 Å². The third-order valence-electron chi connectivity index (χ3n) is 4.26. The molecule has 2 N–H and O–H groups in total. The molecule has 1 atom stereocenters. The lowest BCUT2D eigenvalue weighted by Crippen LogP contribution is -2.54. The van der Waals surface area contributed by atoms with Crippen molar-refractivity contribution in [2.45, 2.75) is 37.3 Å². The maximum atomic E-state index is 10.6. The number of likely N-dealkylation sites (N-methyl/N-ethyl adjacent to an activating group) is 1. The number of hydrogen-bond acceptors (Lipinski definition) is 4. The Morgan fingerprint density at radius 3 is 2.71 bits per heavy atom. The standard InChI is InChI=1S/C13H27N3O/c1-15(2)12-4-3-9-16(10-12)11-13(17)5-7-14-8-6-13/h12,14,17H,3-11H2,1-2H3. The predicted octanol–water partition coefficient (Wildman–Crippen LogP) is 0.127. The molecule has 1 unspecified atom stereocenters. The number of rotatable bonds is 3. The molecule has 4 heteroatoms. The van der Waals surface area contributed by atoms with E-state index < -0.39 is 5.60 Å². The number of likely N-dealkylation sites (tertiary alicyclic amines) is 1. The molecule has 2 aliphatic heterocycles. The predicted molar refractivity (Wildman–Crippen MR) is 70.2 cm³/mol. The lowest BCUT2D eigenvalue weighted by molar-refractivity contribution is -0.0312. The second kappa shape index (κ2) is 5.65. The van der Waals surface area contributed by atoms with Crippen LogP contribution in [-0.2, 0) is 0 Å². The van der Waals surface area contributed by atoms with E-state index in [1.54, 1.807) is 0 Å². The average molecular weight is 241 g/mol. The van der Waals surface area contributed by atoms with E-state index in [9.17, 15) is 5.11 Å². The molecule has 0 radical (unpaired) electrons. The molecule has 0 bridgehead atoms. The van der Waals surface area contributed by atoms with Crippen LogP contribution in [0.2, 0.25) is 0 Å². The summed E-state index contributed by atoms with van der Waals surface area (Å²) < 4.78 is 0. The van der Waals surface area contributed by atoms with Gasteiger partial charge in [-0.2, -0.15) is 0 Å². The summed E-state index contributed by atoms with van der Waals surface area (Å²) in [6.45, 7) is 5.05. The Balaban J connectivity index is 1.85. The molecule has 17 heavy (non-hydrogen) atoms. The molecule has 2 rings (SSSR count). The van der Waals surface area contributed by atoms with E-state index in [-0.39, 0.29) is 0 Å². The molecule has 4 nitrogen and oxygen atoms in total. The molecule has 100 valence electrons. The summed E-state index contributed by atoms with van der Waals surface area (Å²) in [6, 6.07) is 0.661.